The summed E-state index contributed by atoms with van der Waals surface area (Å²) in [5.74, 6) is -0.195. The highest BCUT2D eigenvalue weighted by atomic mass is 79.9. The van der Waals surface area contributed by atoms with E-state index in [0.717, 1.165) is 16.5 Å². The number of benzene rings is 1. The Balaban J connectivity index is 2.10. The number of hydrogen-bond acceptors (Lipinski definition) is 3. The quantitative estimate of drug-likeness (QED) is 0.886. The zero-order valence-electron chi connectivity index (χ0n) is 12.4. The second-order valence-electron chi connectivity index (χ2n) is 4.86. The number of rotatable bonds is 5. The Hall–Kier alpha value is -2.08. The molecule has 5 nitrogen and oxygen atoms in total. The number of nitrogens with zero attached hydrogens (tertiary/aromatic N) is 1. The van der Waals surface area contributed by atoms with Crippen molar-refractivity contribution in [3.05, 3.63) is 62.5 Å². The fourth-order valence-electron chi connectivity index (χ4n) is 2.13. The largest absolute Gasteiger partial charge is 0.491 e. The third-order valence-electron chi connectivity index (χ3n) is 3.32. The number of methoxy groups -OCH3 is 1. The molecule has 1 heterocycles. The molecule has 0 aliphatic heterocycles. The van der Waals surface area contributed by atoms with Gasteiger partial charge < -0.3 is 14.6 Å². The number of carbonyl (C=O) groups is 1. The summed E-state index contributed by atoms with van der Waals surface area (Å²) in [6.45, 7) is 0.547. The van der Waals surface area contributed by atoms with Gasteiger partial charge in [0.25, 0.3) is 11.5 Å². The third kappa shape index (κ3) is 3.76. The van der Waals surface area contributed by atoms with Crippen LogP contribution in [0.25, 0.3) is 0 Å². The lowest BCUT2D eigenvalue weighted by Crippen LogP contribution is -2.30. The molecule has 0 saturated heterocycles. The number of ether oxygens (including phenoxy) is 1. The third-order valence-corrected chi connectivity index (χ3v) is 3.81. The molecular formula is C16H17BrN2O3. The Bertz CT molecular complexity index is 727. The van der Waals surface area contributed by atoms with Gasteiger partial charge in [0.15, 0.2) is 5.75 Å². The molecule has 0 aliphatic carbocycles. The molecule has 6 heteroatoms. The maximum absolute atomic E-state index is 12.4. The monoisotopic (exact) mass is 364 g/mol. The first-order chi connectivity index (χ1) is 10.5. The van der Waals surface area contributed by atoms with Crippen LogP contribution >= 0.6 is 15.9 Å². The Morgan fingerprint density at radius 1 is 1.36 bits per heavy atom. The first-order valence-electron chi connectivity index (χ1n) is 6.78. The Kier molecular flexibility index (Phi) is 5.38. The summed E-state index contributed by atoms with van der Waals surface area (Å²) in [4.78, 5) is 28.2. The van der Waals surface area contributed by atoms with Crippen LogP contribution < -0.4 is 10.3 Å². The average Bonchev–Trinajstić information content (AvgIpc) is 2.51. The van der Waals surface area contributed by atoms with E-state index < -0.39 is 5.56 Å². The molecule has 0 fully saturated rings. The molecule has 0 saturated carbocycles. The number of H-pyrrole nitrogens is 1. The highest BCUT2D eigenvalue weighted by Gasteiger charge is 2.18. The van der Waals surface area contributed by atoms with E-state index in [1.807, 2.05) is 24.3 Å². The summed E-state index contributed by atoms with van der Waals surface area (Å²) in [5.41, 5.74) is 0.989. The van der Waals surface area contributed by atoms with Crippen LogP contribution in [-0.4, -0.2) is 36.5 Å². The van der Waals surface area contributed by atoms with E-state index in [-0.39, 0.29) is 17.2 Å². The molecule has 0 atom stereocenters. The number of aromatic nitrogens is 1. The van der Waals surface area contributed by atoms with Crippen LogP contribution in [0.5, 0.6) is 5.75 Å². The van der Waals surface area contributed by atoms with Gasteiger partial charge in [-0.3, -0.25) is 9.59 Å². The molecular weight excluding hydrogens is 348 g/mol. The van der Waals surface area contributed by atoms with Gasteiger partial charge in [-0.1, -0.05) is 28.1 Å². The van der Waals surface area contributed by atoms with Crippen LogP contribution in [0.3, 0.4) is 0 Å². The van der Waals surface area contributed by atoms with Gasteiger partial charge in [-0.25, -0.2) is 0 Å². The van der Waals surface area contributed by atoms with Gasteiger partial charge in [-0.15, -0.1) is 0 Å². The zero-order chi connectivity index (χ0) is 16.1. The molecule has 0 aliphatic rings. The minimum Gasteiger partial charge on any atom is -0.491 e. The highest BCUT2D eigenvalue weighted by molar-refractivity contribution is 9.10. The first-order valence-corrected chi connectivity index (χ1v) is 7.58. The molecule has 0 unspecified atom stereocenters. The molecule has 1 N–H and O–H groups in total. The van der Waals surface area contributed by atoms with Gasteiger partial charge in [0, 0.05) is 24.3 Å². The molecule has 2 aromatic rings. The predicted molar refractivity (Wildman–Crippen MR) is 88.4 cm³/mol. The zero-order valence-corrected chi connectivity index (χ0v) is 14.0. The van der Waals surface area contributed by atoms with Crippen molar-refractivity contribution >= 4 is 21.8 Å². The Labute approximate surface area is 137 Å². The number of amides is 1. The smallest absolute Gasteiger partial charge is 0.291 e. The number of likely N-dealkylation sites (N-methyl/N-ethyl adjacent to an activating group) is 1. The van der Waals surface area contributed by atoms with Crippen LogP contribution in [0.2, 0.25) is 0 Å². The molecule has 116 valence electrons. The standard InChI is InChI=1S/C16H17BrN2O3/c1-19(9-7-11-4-3-5-12(17)10-11)16(21)13-6-8-18-15(20)14(13)22-2/h3-6,8,10H,7,9H2,1-2H3,(H,18,20). The van der Waals surface area contributed by atoms with Crippen molar-refractivity contribution in [1.82, 2.24) is 9.88 Å². The SMILES string of the molecule is COc1c(C(=O)N(C)CCc2cccc(Br)c2)cc[nH]c1=O. The van der Waals surface area contributed by atoms with Gasteiger partial charge in [0.05, 0.1) is 12.7 Å². The lowest BCUT2D eigenvalue weighted by molar-refractivity contribution is 0.0793. The summed E-state index contributed by atoms with van der Waals surface area (Å²) in [6, 6.07) is 9.50. The Morgan fingerprint density at radius 3 is 2.82 bits per heavy atom. The molecule has 2 rings (SSSR count). The fraction of sp³-hybridized carbons (Fsp3) is 0.250. The van der Waals surface area contributed by atoms with Crippen LogP contribution in [0.4, 0.5) is 0 Å². The first kappa shape index (κ1) is 16.3. The summed E-state index contributed by atoms with van der Waals surface area (Å²) < 4.78 is 6.04. The number of hydrogen-bond donors (Lipinski definition) is 1. The molecule has 0 radical (unpaired) electrons. The fourth-order valence-corrected chi connectivity index (χ4v) is 2.58. The number of pyridine rings is 1. The summed E-state index contributed by atoms with van der Waals surface area (Å²) in [5, 5.41) is 0. The summed E-state index contributed by atoms with van der Waals surface area (Å²) in [7, 11) is 3.09. The molecule has 0 bridgehead atoms. The minimum absolute atomic E-state index is 0.0433. The normalized spacial score (nSPS) is 10.3. The van der Waals surface area contributed by atoms with Gasteiger partial charge in [-0.05, 0) is 30.2 Å². The number of halogens is 1. The van der Waals surface area contributed by atoms with E-state index in [1.165, 1.54) is 13.3 Å². The van der Waals surface area contributed by atoms with Gasteiger partial charge >= 0.3 is 0 Å². The van der Waals surface area contributed by atoms with Crippen LogP contribution in [0.15, 0.2) is 45.8 Å². The summed E-state index contributed by atoms with van der Waals surface area (Å²) >= 11 is 3.43. The molecule has 1 aromatic heterocycles. The molecule has 0 spiro atoms. The second kappa shape index (κ2) is 7.26. The van der Waals surface area contributed by atoms with Crippen molar-refractivity contribution in [3.8, 4) is 5.75 Å². The average molecular weight is 365 g/mol. The van der Waals surface area contributed by atoms with Crippen molar-refractivity contribution in [2.75, 3.05) is 20.7 Å². The van der Waals surface area contributed by atoms with E-state index in [4.69, 9.17) is 4.74 Å². The summed E-state index contributed by atoms with van der Waals surface area (Å²) in [6.07, 6.45) is 2.17. The van der Waals surface area contributed by atoms with Gasteiger partial charge in [0.2, 0.25) is 0 Å². The van der Waals surface area contributed by atoms with Crippen molar-refractivity contribution in [2.45, 2.75) is 6.42 Å². The van der Waals surface area contributed by atoms with E-state index >= 15 is 0 Å². The van der Waals surface area contributed by atoms with Crippen molar-refractivity contribution in [1.29, 1.82) is 0 Å². The number of carbonyl (C=O) groups excluding carboxylic acids is 1. The molecule has 1 amide bonds. The number of aromatic amines is 1. The van der Waals surface area contributed by atoms with Crippen molar-refractivity contribution in [3.63, 3.8) is 0 Å². The maximum atomic E-state index is 12.4. The van der Waals surface area contributed by atoms with Crippen LogP contribution in [0, 0.1) is 0 Å². The minimum atomic E-state index is -0.409. The van der Waals surface area contributed by atoms with E-state index in [2.05, 4.69) is 20.9 Å². The number of nitrogens with one attached hydrogen (secondary N) is 1. The van der Waals surface area contributed by atoms with E-state index in [1.54, 1.807) is 18.0 Å². The maximum Gasteiger partial charge on any atom is 0.291 e. The topological polar surface area (TPSA) is 62.4 Å². The van der Waals surface area contributed by atoms with E-state index in [0.29, 0.717) is 6.54 Å². The lowest BCUT2D eigenvalue weighted by Gasteiger charge is -2.18. The van der Waals surface area contributed by atoms with Gasteiger partial charge in [0.1, 0.15) is 0 Å². The van der Waals surface area contributed by atoms with Crippen LogP contribution in [0.1, 0.15) is 15.9 Å². The predicted octanol–water partition coefficient (Wildman–Crippen LogP) is 2.46. The second-order valence-corrected chi connectivity index (χ2v) is 5.78. The molecule has 22 heavy (non-hydrogen) atoms. The van der Waals surface area contributed by atoms with Crippen LogP contribution in [-0.2, 0) is 6.42 Å². The van der Waals surface area contributed by atoms with E-state index in [9.17, 15) is 9.59 Å². The van der Waals surface area contributed by atoms with Crippen molar-refractivity contribution < 1.29 is 9.53 Å². The lowest BCUT2D eigenvalue weighted by atomic mass is 10.1. The highest BCUT2D eigenvalue weighted by Crippen LogP contribution is 2.15. The molecule has 1 aromatic carbocycles. The Morgan fingerprint density at radius 2 is 2.14 bits per heavy atom. The van der Waals surface area contributed by atoms with Gasteiger partial charge in [-0.2, -0.15) is 0 Å². The van der Waals surface area contributed by atoms with Crippen molar-refractivity contribution in [2.24, 2.45) is 0 Å².